The van der Waals surface area contributed by atoms with Crippen LogP contribution in [0.3, 0.4) is 0 Å². The molecule has 8 heteroatoms. The van der Waals surface area contributed by atoms with Crippen LogP contribution in [0.5, 0.6) is 0 Å². The highest BCUT2D eigenvalue weighted by Gasteiger charge is 2.21. The minimum atomic E-state index is -3.56. The fourth-order valence-corrected chi connectivity index (χ4v) is 3.16. The largest absolute Gasteiger partial charge is 0.389 e. The van der Waals surface area contributed by atoms with Gasteiger partial charge in [-0.25, -0.2) is 8.42 Å². The average Bonchev–Trinajstić information content (AvgIpc) is 2.84. The summed E-state index contributed by atoms with van der Waals surface area (Å²) in [4.78, 5) is 0.441. The number of hydrogen-bond donors (Lipinski definition) is 1. The number of aromatic nitrogens is 2. The lowest BCUT2D eigenvalue weighted by molar-refractivity contribution is 0.466. The molecule has 2 aromatic rings. The van der Waals surface area contributed by atoms with Crippen LogP contribution in [0.15, 0.2) is 41.6 Å². The number of thiocarbonyl (C=S) groups is 1. The van der Waals surface area contributed by atoms with E-state index < -0.39 is 10.0 Å². The Bertz CT molecular complexity index is 751. The fourth-order valence-electron chi connectivity index (χ4n) is 1.87. The van der Waals surface area contributed by atoms with E-state index in [1.807, 2.05) is 0 Å². The summed E-state index contributed by atoms with van der Waals surface area (Å²) in [5.74, 6) is 0. The van der Waals surface area contributed by atoms with Crippen LogP contribution in [0.1, 0.15) is 11.1 Å². The van der Waals surface area contributed by atoms with E-state index in [0.717, 1.165) is 5.56 Å². The van der Waals surface area contributed by atoms with Gasteiger partial charge in [-0.1, -0.05) is 24.4 Å². The van der Waals surface area contributed by atoms with Gasteiger partial charge in [0.25, 0.3) is 0 Å². The van der Waals surface area contributed by atoms with Gasteiger partial charge in [0.05, 0.1) is 11.1 Å². The van der Waals surface area contributed by atoms with Crippen molar-refractivity contribution in [3.8, 4) is 0 Å². The predicted octanol–water partition coefficient (Wildman–Crippen LogP) is 0.875. The molecule has 0 unspecified atom stereocenters. The first-order valence-corrected chi connectivity index (χ1v) is 7.99. The first-order valence-electron chi connectivity index (χ1n) is 6.14. The van der Waals surface area contributed by atoms with E-state index in [0.29, 0.717) is 5.56 Å². The van der Waals surface area contributed by atoms with Crippen LogP contribution in [0.2, 0.25) is 0 Å². The van der Waals surface area contributed by atoms with Crippen LogP contribution < -0.4 is 5.73 Å². The standard InChI is InChI=1S/C13H16N4O2S2/c1-16-8-10(7-15-16)9-17(2)21(18,19)12-5-3-11(4-6-12)13(14)20/h3-8H,9H2,1-2H3,(H2,14,20). The van der Waals surface area contributed by atoms with Gasteiger partial charge in [0, 0.05) is 38.0 Å². The van der Waals surface area contributed by atoms with E-state index in [1.165, 1.54) is 23.5 Å². The number of aryl methyl sites for hydroxylation is 1. The first kappa shape index (κ1) is 15.6. The van der Waals surface area contributed by atoms with Crippen LogP contribution in [0.4, 0.5) is 0 Å². The van der Waals surface area contributed by atoms with Gasteiger partial charge < -0.3 is 5.73 Å². The summed E-state index contributed by atoms with van der Waals surface area (Å²) >= 11 is 4.85. The number of nitrogens with zero attached hydrogens (tertiary/aromatic N) is 3. The molecule has 2 rings (SSSR count). The van der Waals surface area contributed by atoms with Crippen molar-refractivity contribution in [1.29, 1.82) is 0 Å². The van der Waals surface area contributed by atoms with Gasteiger partial charge in [-0.3, -0.25) is 4.68 Å². The Labute approximate surface area is 129 Å². The van der Waals surface area contributed by atoms with Crippen molar-refractivity contribution < 1.29 is 8.42 Å². The van der Waals surface area contributed by atoms with E-state index in [2.05, 4.69) is 5.10 Å². The Morgan fingerprint density at radius 2 is 2.00 bits per heavy atom. The molecule has 2 N–H and O–H groups in total. The SMILES string of the molecule is CN(Cc1cnn(C)c1)S(=O)(=O)c1ccc(C(N)=S)cc1. The molecule has 0 aliphatic rings. The number of rotatable bonds is 5. The van der Waals surface area contributed by atoms with Crippen molar-refractivity contribution in [3.63, 3.8) is 0 Å². The van der Waals surface area contributed by atoms with Crippen molar-refractivity contribution >= 4 is 27.2 Å². The molecule has 6 nitrogen and oxygen atoms in total. The highest BCUT2D eigenvalue weighted by atomic mass is 32.2. The second-order valence-electron chi connectivity index (χ2n) is 4.67. The third-order valence-corrected chi connectivity index (χ3v) is 5.06. The molecule has 1 aromatic carbocycles. The number of sulfonamides is 1. The van der Waals surface area contributed by atoms with E-state index in [9.17, 15) is 8.42 Å². The van der Waals surface area contributed by atoms with E-state index >= 15 is 0 Å². The van der Waals surface area contributed by atoms with Gasteiger partial charge in [0.15, 0.2) is 0 Å². The average molecular weight is 324 g/mol. The normalized spacial score (nSPS) is 11.8. The molecule has 0 saturated heterocycles. The third-order valence-electron chi connectivity index (χ3n) is 3.01. The molecule has 0 radical (unpaired) electrons. The van der Waals surface area contributed by atoms with Crippen molar-refractivity contribution in [2.75, 3.05) is 7.05 Å². The Hall–Kier alpha value is -1.77. The molecule has 21 heavy (non-hydrogen) atoms. The lowest BCUT2D eigenvalue weighted by Crippen LogP contribution is -2.26. The lowest BCUT2D eigenvalue weighted by atomic mass is 10.2. The molecule has 1 aromatic heterocycles. The molecule has 0 aliphatic heterocycles. The zero-order valence-electron chi connectivity index (χ0n) is 11.7. The molecule has 0 fully saturated rings. The summed E-state index contributed by atoms with van der Waals surface area (Å²) in [6.07, 6.45) is 3.42. The number of hydrogen-bond acceptors (Lipinski definition) is 4. The Balaban J connectivity index is 2.22. The molecule has 112 valence electrons. The van der Waals surface area contributed by atoms with Gasteiger partial charge in [-0.2, -0.15) is 9.40 Å². The van der Waals surface area contributed by atoms with Gasteiger partial charge in [-0.05, 0) is 12.1 Å². The van der Waals surface area contributed by atoms with Crippen molar-refractivity contribution in [1.82, 2.24) is 14.1 Å². The highest BCUT2D eigenvalue weighted by Crippen LogP contribution is 2.17. The van der Waals surface area contributed by atoms with E-state index in [4.69, 9.17) is 18.0 Å². The van der Waals surface area contributed by atoms with E-state index in [1.54, 1.807) is 36.3 Å². The van der Waals surface area contributed by atoms with Crippen LogP contribution in [-0.2, 0) is 23.6 Å². The Morgan fingerprint density at radius 3 is 2.48 bits per heavy atom. The summed E-state index contributed by atoms with van der Waals surface area (Å²) in [6.45, 7) is 0.257. The van der Waals surface area contributed by atoms with Crippen LogP contribution >= 0.6 is 12.2 Å². The van der Waals surface area contributed by atoms with Crippen LogP contribution in [-0.4, -0.2) is 34.5 Å². The fraction of sp³-hybridized carbons (Fsp3) is 0.231. The molecule has 0 saturated carbocycles. The number of nitrogens with two attached hydrogens (primary N) is 1. The minimum Gasteiger partial charge on any atom is -0.389 e. The maximum absolute atomic E-state index is 12.5. The smallest absolute Gasteiger partial charge is 0.243 e. The highest BCUT2D eigenvalue weighted by molar-refractivity contribution is 7.89. The molecule has 0 aliphatic carbocycles. The second-order valence-corrected chi connectivity index (χ2v) is 7.16. The molecule has 0 atom stereocenters. The van der Waals surface area contributed by atoms with Crippen LogP contribution in [0, 0.1) is 0 Å². The van der Waals surface area contributed by atoms with Crippen molar-refractivity contribution in [3.05, 3.63) is 47.8 Å². The molecule has 0 spiro atoms. The zero-order chi connectivity index (χ0) is 15.6. The van der Waals surface area contributed by atoms with Crippen LogP contribution in [0.25, 0.3) is 0 Å². The molecule has 1 heterocycles. The summed E-state index contributed by atoms with van der Waals surface area (Å²) in [6, 6.07) is 6.22. The predicted molar refractivity (Wildman–Crippen MR) is 84.2 cm³/mol. The quantitative estimate of drug-likeness (QED) is 0.826. The Kier molecular flexibility index (Phi) is 4.40. The third kappa shape index (κ3) is 3.46. The second kappa shape index (κ2) is 5.92. The Morgan fingerprint density at radius 1 is 1.38 bits per heavy atom. The molecular weight excluding hydrogens is 308 g/mol. The molecule has 0 amide bonds. The van der Waals surface area contributed by atoms with Gasteiger partial charge in [0.2, 0.25) is 10.0 Å². The lowest BCUT2D eigenvalue weighted by Gasteiger charge is -2.16. The zero-order valence-corrected chi connectivity index (χ0v) is 13.4. The summed E-state index contributed by atoms with van der Waals surface area (Å²) in [5.41, 5.74) is 6.96. The summed E-state index contributed by atoms with van der Waals surface area (Å²) in [7, 11) is -0.242. The first-order chi connectivity index (χ1) is 9.80. The topological polar surface area (TPSA) is 81.2 Å². The summed E-state index contributed by atoms with van der Waals surface area (Å²) in [5, 5.41) is 4.02. The monoisotopic (exact) mass is 324 g/mol. The molecule has 0 bridgehead atoms. The minimum absolute atomic E-state index is 0.203. The van der Waals surface area contributed by atoms with Gasteiger partial charge in [0.1, 0.15) is 4.99 Å². The van der Waals surface area contributed by atoms with Gasteiger partial charge >= 0.3 is 0 Å². The number of benzene rings is 1. The summed E-state index contributed by atoms with van der Waals surface area (Å²) < 4.78 is 27.8. The maximum atomic E-state index is 12.5. The molecular formula is C13H16N4O2S2. The van der Waals surface area contributed by atoms with Crippen molar-refractivity contribution in [2.24, 2.45) is 12.8 Å². The van der Waals surface area contributed by atoms with Gasteiger partial charge in [-0.15, -0.1) is 0 Å². The van der Waals surface area contributed by atoms with E-state index in [-0.39, 0.29) is 16.4 Å². The maximum Gasteiger partial charge on any atom is 0.243 e. The van der Waals surface area contributed by atoms with Crippen molar-refractivity contribution in [2.45, 2.75) is 11.4 Å².